The summed E-state index contributed by atoms with van der Waals surface area (Å²) in [5.41, 5.74) is 6.09. The van der Waals surface area contributed by atoms with E-state index in [0.717, 1.165) is 0 Å². The summed E-state index contributed by atoms with van der Waals surface area (Å²) in [5, 5.41) is 2.95. The van der Waals surface area contributed by atoms with Crippen LogP contribution in [0, 0.1) is 6.92 Å². The van der Waals surface area contributed by atoms with Gasteiger partial charge in [-0.2, -0.15) is 0 Å². The van der Waals surface area contributed by atoms with Crippen molar-refractivity contribution in [3.63, 3.8) is 0 Å². The smallest absolute Gasteiger partial charge is 0.00305 e. The molecule has 2 aromatic carbocycles. The molecule has 0 heterocycles. The SMILES string of the molecule is Cc1ccc2ccc3c4c2c1C=CC4CCC3. The van der Waals surface area contributed by atoms with Gasteiger partial charge in [0.2, 0.25) is 0 Å². The van der Waals surface area contributed by atoms with Crippen LogP contribution in [-0.4, -0.2) is 0 Å². The Labute approximate surface area is 102 Å². The van der Waals surface area contributed by atoms with Crippen LogP contribution in [0.25, 0.3) is 16.8 Å². The van der Waals surface area contributed by atoms with E-state index in [1.807, 2.05) is 0 Å². The molecule has 0 saturated carbocycles. The first-order valence-electron chi connectivity index (χ1n) is 6.58. The molecule has 0 heteroatoms. The van der Waals surface area contributed by atoms with Crippen LogP contribution in [-0.2, 0) is 6.42 Å². The fourth-order valence-corrected chi connectivity index (χ4v) is 3.54. The Hall–Kier alpha value is -1.56. The van der Waals surface area contributed by atoms with Crippen molar-refractivity contribution < 1.29 is 0 Å². The Morgan fingerprint density at radius 3 is 2.94 bits per heavy atom. The molecule has 0 aliphatic heterocycles. The molecule has 0 N–H and O–H groups in total. The van der Waals surface area contributed by atoms with Gasteiger partial charge in [0.05, 0.1) is 0 Å². The lowest BCUT2D eigenvalue weighted by atomic mass is 9.75. The van der Waals surface area contributed by atoms with Crippen LogP contribution < -0.4 is 0 Å². The highest BCUT2D eigenvalue weighted by molar-refractivity contribution is 5.97. The van der Waals surface area contributed by atoms with Gasteiger partial charge in [0.25, 0.3) is 0 Å². The van der Waals surface area contributed by atoms with E-state index in [1.54, 1.807) is 11.1 Å². The number of rotatable bonds is 0. The maximum atomic E-state index is 2.42. The summed E-state index contributed by atoms with van der Waals surface area (Å²) in [7, 11) is 0. The quantitative estimate of drug-likeness (QED) is 0.609. The molecule has 84 valence electrons. The standard InChI is InChI=1S/C17H16/c1-11-5-6-14-8-7-12-3-2-4-13-9-10-15(11)17(14)16(12)13/h5-10,13H,2-4H2,1H3. The van der Waals surface area contributed by atoms with Crippen LogP contribution in [0.5, 0.6) is 0 Å². The van der Waals surface area contributed by atoms with Crippen molar-refractivity contribution in [1.29, 1.82) is 0 Å². The van der Waals surface area contributed by atoms with Gasteiger partial charge in [0.15, 0.2) is 0 Å². The average Bonchev–Trinajstić information content (AvgIpc) is 2.38. The molecule has 1 atom stereocenters. The van der Waals surface area contributed by atoms with Crippen molar-refractivity contribution in [3.05, 3.63) is 52.6 Å². The molecule has 2 aromatic rings. The fourth-order valence-electron chi connectivity index (χ4n) is 3.54. The fraction of sp³-hybridized carbons (Fsp3) is 0.294. The summed E-state index contributed by atoms with van der Waals surface area (Å²) in [4.78, 5) is 0. The molecule has 0 saturated heterocycles. The Balaban J connectivity index is 2.22. The minimum atomic E-state index is 0.678. The molecule has 0 bridgehead atoms. The molecule has 2 aliphatic rings. The van der Waals surface area contributed by atoms with Gasteiger partial charge in [-0.1, -0.05) is 36.4 Å². The van der Waals surface area contributed by atoms with Crippen LogP contribution >= 0.6 is 0 Å². The molecule has 0 amide bonds. The van der Waals surface area contributed by atoms with Crippen LogP contribution in [0.15, 0.2) is 30.3 Å². The van der Waals surface area contributed by atoms with Gasteiger partial charge in [-0.3, -0.25) is 0 Å². The van der Waals surface area contributed by atoms with Gasteiger partial charge in [-0.15, -0.1) is 0 Å². The predicted molar refractivity (Wildman–Crippen MR) is 73.4 cm³/mol. The summed E-state index contributed by atoms with van der Waals surface area (Å²) in [6.45, 7) is 2.22. The molecular weight excluding hydrogens is 204 g/mol. The minimum absolute atomic E-state index is 0.678. The molecule has 17 heavy (non-hydrogen) atoms. The monoisotopic (exact) mass is 220 g/mol. The van der Waals surface area contributed by atoms with E-state index in [-0.39, 0.29) is 0 Å². The maximum absolute atomic E-state index is 2.42. The Morgan fingerprint density at radius 2 is 2.00 bits per heavy atom. The zero-order chi connectivity index (χ0) is 11.4. The first-order chi connectivity index (χ1) is 8.34. The third kappa shape index (κ3) is 1.18. The van der Waals surface area contributed by atoms with Crippen molar-refractivity contribution in [1.82, 2.24) is 0 Å². The number of hydrogen-bond acceptors (Lipinski definition) is 0. The van der Waals surface area contributed by atoms with Gasteiger partial charge in [0, 0.05) is 5.92 Å². The molecule has 0 spiro atoms. The Bertz CT molecular complexity index is 647. The number of aryl methyl sites for hydroxylation is 2. The second-order valence-corrected chi connectivity index (χ2v) is 5.39. The summed E-state index contributed by atoms with van der Waals surface area (Å²) in [6.07, 6.45) is 8.71. The molecule has 0 aromatic heterocycles. The topological polar surface area (TPSA) is 0 Å². The summed E-state index contributed by atoms with van der Waals surface area (Å²) in [5.74, 6) is 0.678. The average molecular weight is 220 g/mol. The highest BCUT2D eigenvalue weighted by atomic mass is 14.3. The normalized spacial score (nSPS) is 20.9. The first kappa shape index (κ1) is 9.47. The largest absolute Gasteiger partial charge is 0.0763 e. The van der Waals surface area contributed by atoms with E-state index in [4.69, 9.17) is 0 Å². The lowest BCUT2D eigenvalue weighted by Gasteiger charge is -2.29. The Kier molecular flexibility index (Phi) is 1.80. The molecule has 4 rings (SSSR count). The van der Waals surface area contributed by atoms with Gasteiger partial charge in [0.1, 0.15) is 0 Å². The van der Waals surface area contributed by atoms with Crippen LogP contribution in [0.4, 0.5) is 0 Å². The van der Waals surface area contributed by atoms with Crippen molar-refractivity contribution >= 4 is 16.8 Å². The van der Waals surface area contributed by atoms with Gasteiger partial charge >= 0.3 is 0 Å². The molecule has 0 fully saturated rings. The molecule has 0 radical (unpaired) electrons. The second-order valence-electron chi connectivity index (χ2n) is 5.39. The first-order valence-corrected chi connectivity index (χ1v) is 6.58. The van der Waals surface area contributed by atoms with E-state index < -0.39 is 0 Å². The van der Waals surface area contributed by atoms with E-state index in [1.165, 1.54) is 41.2 Å². The molecule has 1 unspecified atom stereocenters. The summed E-state index contributed by atoms with van der Waals surface area (Å²) in [6, 6.07) is 9.18. The zero-order valence-corrected chi connectivity index (χ0v) is 10.2. The van der Waals surface area contributed by atoms with Crippen LogP contribution in [0.3, 0.4) is 0 Å². The third-order valence-corrected chi connectivity index (χ3v) is 4.40. The summed E-state index contributed by atoms with van der Waals surface area (Å²) < 4.78 is 0. The highest BCUT2D eigenvalue weighted by Gasteiger charge is 2.24. The maximum Gasteiger partial charge on any atom is 0.00305 e. The van der Waals surface area contributed by atoms with Gasteiger partial charge in [-0.05, 0) is 59.2 Å². The van der Waals surface area contributed by atoms with E-state index in [0.29, 0.717) is 5.92 Å². The lowest BCUT2D eigenvalue weighted by molar-refractivity contribution is 0.633. The minimum Gasteiger partial charge on any atom is -0.0763 e. The van der Waals surface area contributed by atoms with Crippen molar-refractivity contribution in [2.75, 3.05) is 0 Å². The van der Waals surface area contributed by atoms with Crippen LogP contribution in [0.2, 0.25) is 0 Å². The van der Waals surface area contributed by atoms with E-state index >= 15 is 0 Å². The molecular formula is C17H16. The van der Waals surface area contributed by atoms with Crippen molar-refractivity contribution in [2.45, 2.75) is 32.1 Å². The van der Waals surface area contributed by atoms with E-state index in [9.17, 15) is 0 Å². The van der Waals surface area contributed by atoms with Crippen LogP contribution in [0.1, 0.15) is 41.0 Å². The predicted octanol–water partition coefficient (Wildman–Crippen LogP) is 4.59. The molecule has 0 nitrogen and oxygen atoms in total. The second kappa shape index (κ2) is 3.22. The Morgan fingerprint density at radius 1 is 1.12 bits per heavy atom. The van der Waals surface area contributed by atoms with Gasteiger partial charge < -0.3 is 0 Å². The number of allylic oxidation sites excluding steroid dienone is 1. The van der Waals surface area contributed by atoms with Crippen molar-refractivity contribution in [2.24, 2.45) is 0 Å². The number of hydrogen-bond donors (Lipinski definition) is 0. The lowest BCUT2D eigenvalue weighted by Crippen LogP contribution is -2.11. The molecule has 2 aliphatic carbocycles. The van der Waals surface area contributed by atoms with Crippen molar-refractivity contribution in [3.8, 4) is 0 Å². The number of benzene rings is 2. The van der Waals surface area contributed by atoms with E-state index in [2.05, 4.69) is 43.3 Å². The zero-order valence-electron chi connectivity index (χ0n) is 10.2. The summed E-state index contributed by atoms with van der Waals surface area (Å²) >= 11 is 0. The third-order valence-electron chi connectivity index (χ3n) is 4.40. The van der Waals surface area contributed by atoms with Gasteiger partial charge in [-0.25, -0.2) is 0 Å². The highest BCUT2D eigenvalue weighted by Crippen LogP contribution is 2.43.